The van der Waals surface area contributed by atoms with Crippen LogP contribution in [0.1, 0.15) is 52.8 Å². The molecule has 2 fully saturated rings. The van der Waals surface area contributed by atoms with Gasteiger partial charge in [-0.2, -0.15) is 0 Å². The molecule has 0 N–H and O–H groups in total. The van der Waals surface area contributed by atoms with Crippen LogP contribution >= 0.6 is 11.3 Å². The fraction of sp³-hybridized carbons (Fsp3) is 0.556. The number of rotatable bonds is 4. The Morgan fingerprint density at radius 2 is 2.26 bits per heavy atom. The molecule has 1 aliphatic carbocycles. The van der Waals surface area contributed by atoms with Crippen LogP contribution in [0.5, 0.6) is 0 Å². The maximum atomic E-state index is 12.5. The van der Waals surface area contributed by atoms with Crippen molar-refractivity contribution >= 4 is 17.2 Å². The first-order chi connectivity index (χ1) is 11.2. The number of likely N-dealkylation sites (tertiary alicyclic amines) is 1. The molecule has 2 aliphatic rings. The Balaban J connectivity index is 1.43. The standard InChI is InChI=1S/C18H23N3OS/c1-13-10-19-17(15-4-2-5-15)21(13)12-14-7-8-20(11-14)18(22)16-6-3-9-23-16/h3,6,9-10,14-15H,2,4-5,7-8,11-12H2,1H3. The van der Waals surface area contributed by atoms with Crippen molar-refractivity contribution in [2.24, 2.45) is 5.92 Å². The maximum Gasteiger partial charge on any atom is 0.263 e. The van der Waals surface area contributed by atoms with E-state index in [1.165, 1.54) is 42.1 Å². The zero-order valence-electron chi connectivity index (χ0n) is 13.6. The Bertz CT molecular complexity index is 687. The second-order valence-electron chi connectivity index (χ2n) is 6.88. The third-order valence-corrected chi connectivity index (χ3v) is 6.16. The van der Waals surface area contributed by atoms with Crippen LogP contribution in [0.15, 0.2) is 23.7 Å². The van der Waals surface area contributed by atoms with E-state index < -0.39 is 0 Å². The van der Waals surface area contributed by atoms with Crippen LogP contribution in [0.3, 0.4) is 0 Å². The normalized spacial score (nSPS) is 21.6. The predicted octanol–water partition coefficient (Wildman–Crippen LogP) is 3.68. The Labute approximate surface area is 141 Å². The van der Waals surface area contributed by atoms with Crippen LogP contribution in [0.2, 0.25) is 0 Å². The van der Waals surface area contributed by atoms with Gasteiger partial charge in [0.1, 0.15) is 5.82 Å². The Kier molecular flexibility index (Phi) is 3.97. The van der Waals surface area contributed by atoms with E-state index in [-0.39, 0.29) is 5.91 Å². The number of thiophene rings is 1. The molecule has 23 heavy (non-hydrogen) atoms. The van der Waals surface area contributed by atoms with Crippen molar-refractivity contribution in [3.8, 4) is 0 Å². The number of hydrogen-bond acceptors (Lipinski definition) is 3. The van der Waals surface area contributed by atoms with Crippen molar-refractivity contribution in [3.63, 3.8) is 0 Å². The van der Waals surface area contributed by atoms with Gasteiger partial charge in [-0.25, -0.2) is 4.98 Å². The van der Waals surface area contributed by atoms with Gasteiger partial charge < -0.3 is 9.47 Å². The number of imidazole rings is 1. The van der Waals surface area contributed by atoms with Gasteiger partial charge in [-0.05, 0) is 43.6 Å². The second kappa shape index (κ2) is 6.11. The van der Waals surface area contributed by atoms with Gasteiger partial charge >= 0.3 is 0 Å². The van der Waals surface area contributed by atoms with Crippen LogP contribution in [0, 0.1) is 12.8 Å². The molecule has 1 unspecified atom stereocenters. The number of hydrogen-bond donors (Lipinski definition) is 0. The molecule has 3 heterocycles. The summed E-state index contributed by atoms with van der Waals surface area (Å²) in [5.41, 5.74) is 1.26. The van der Waals surface area contributed by atoms with Crippen molar-refractivity contribution in [1.82, 2.24) is 14.5 Å². The molecule has 0 radical (unpaired) electrons. The second-order valence-corrected chi connectivity index (χ2v) is 7.83. The summed E-state index contributed by atoms with van der Waals surface area (Å²) in [5, 5.41) is 1.97. The highest BCUT2D eigenvalue weighted by molar-refractivity contribution is 7.12. The first-order valence-electron chi connectivity index (χ1n) is 8.57. The van der Waals surface area contributed by atoms with Gasteiger partial charge in [-0.1, -0.05) is 12.5 Å². The van der Waals surface area contributed by atoms with Gasteiger partial charge in [0.25, 0.3) is 5.91 Å². The molecule has 4 rings (SSSR count). The van der Waals surface area contributed by atoms with Crippen molar-refractivity contribution in [3.05, 3.63) is 40.1 Å². The summed E-state index contributed by atoms with van der Waals surface area (Å²) in [6.45, 7) is 4.91. The Hall–Kier alpha value is -1.62. The lowest BCUT2D eigenvalue weighted by Gasteiger charge is -2.27. The molecule has 0 aromatic carbocycles. The highest BCUT2D eigenvalue weighted by Crippen LogP contribution is 2.36. The molecule has 5 heteroatoms. The van der Waals surface area contributed by atoms with Crippen molar-refractivity contribution < 1.29 is 4.79 Å². The molecule has 2 aromatic heterocycles. The fourth-order valence-electron chi connectivity index (χ4n) is 3.69. The maximum absolute atomic E-state index is 12.5. The minimum atomic E-state index is 0.198. The Morgan fingerprint density at radius 1 is 1.39 bits per heavy atom. The summed E-state index contributed by atoms with van der Waals surface area (Å²) in [7, 11) is 0. The molecule has 1 atom stereocenters. The van der Waals surface area contributed by atoms with Crippen LogP contribution in [0.25, 0.3) is 0 Å². The SMILES string of the molecule is Cc1cnc(C2CCC2)n1CC1CCN(C(=O)c2cccs2)C1. The molecule has 1 saturated carbocycles. The highest BCUT2D eigenvalue weighted by atomic mass is 32.1. The first-order valence-corrected chi connectivity index (χ1v) is 9.45. The number of amides is 1. The quantitative estimate of drug-likeness (QED) is 0.858. The smallest absolute Gasteiger partial charge is 0.263 e. The van der Waals surface area contributed by atoms with Gasteiger partial charge in [0.15, 0.2) is 0 Å². The lowest BCUT2D eigenvalue weighted by molar-refractivity contribution is 0.0790. The van der Waals surface area contributed by atoms with Gasteiger partial charge in [0.2, 0.25) is 0 Å². The summed E-state index contributed by atoms with van der Waals surface area (Å²) in [6.07, 6.45) is 7.01. The number of aromatic nitrogens is 2. The molecule has 2 aromatic rings. The van der Waals surface area contributed by atoms with E-state index in [1.54, 1.807) is 0 Å². The lowest BCUT2D eigenvalue weighted by atomic mass is 9.84. The average molecular weight is 329 g/mol. The summed E-state index contributed by atoms with van der Waals surface area (Å²) in [4.78, 5) is 20.0. The number of aryl methyl sites for hydroxylation is 1. The lowest BCUT2D eigenvalue weighted by Crippen LogP contribution is -2.29. The number of carbonyl (C=O) groups excluding carboxylic acids is 1. The number of nitrogens with zero attached hydrogens (tertiary/aromatic N) is 3. The van der Waals surface area contributed by atoms with Gasteiger partial charge in [0.05, 0.1) is 4.88 Å². The molecule has 0 bridgehead atoms. The van der Waals surface area contributed by atoms with Crippen LogP contribution in [0.4, 0.5) is 0 Å². The largest absolute Gasteiger partial charge is 0.338 e. The third kappa shape index (κ3) is 2.82. The Morgan fingerprint density at radius 3 is 2.96 bits per heavy atom. The molecular weight excluding hydrogens is 306 g/mol. The molecule has 1 aliphatic heterocycles. The van der Waals surface area contributed by atoms with Crippen molar-refractivity contribution in [2.75, 3.05) is 13.1 Å². The van der Waals surface area contributed by atoms with Gasteiger partial charge in [-0.15, -0.1) is 11.3 Å². The van der Waals surface area contributed by atoms with Crippen molar-refractivity contribution in [2.45, 2.75) is 45.1 Å². The van der Waals surface area contributed by atoms with Crippen LogP contribution < -0.4 is 0 Å². The van der Waals surface area contributed by atoms with E-state index in [2.05, 4.69) is 16.5 Å². The summed E-state index contributed by atoms with van der Waals surface area (Å²) >= 11 is 1.54. The summed E-state index contributed by atoms with van der Waals surface area (Å²) in [5.74, 6) is 2.68. The minimum Gasteiger partial charge on any atom is -0.338 e. The minimum absolute atomic E-state index is 0.198. The highest BCUT2D eigenvalue weighted by Gasteiger charge is 2.30. The summed E-state index contributed by atoms with van der Waals surface area (Å²) < 4.78 is 2.41. The van der Waals surface area contributed by atoms with E-state index in [1.807, 2.05) is 28.6 Å². The molecular formula is C18H23N3OS. The first kappa shape index (κ1) is 14.9. The van der Waals surface area contributed by atoms with E-state index in [9.17, 15) is 4.79 Å². The molecule has 122 valence electrons. The molecule has 4 nitrogen and oxygen atoms in total. The van der Waals surface area contributed by atoms with Crippen LogP contribution in [-0.4, -0.2) is 33.4 Å². The monoisotopic (exact) mass is 329 g/mol. The summed E-state index contributed by atoms with van der Waals surface area (Å²) in [6, 6.07) is 3.88. The zero-order valence-corrected chi connectivity index (χ0v) is 14.4. The van der Waals surface area contributed by atoms with E-state index >= 15 is 0 Å². The third-order valence-electron chi connectivity index (χ3n) is 5.30. The predicted molar refractivity (Wildman–Crippen MR) is 91.9 cm³/mol. The zero-order chi connectivity index (χ0) is 15.8. The van der Waals surface area contributed by atoms with Crippen molar-refractivity contribution in [1.29, 1.82) is 0 Å². The number of carbonyl (C=O) groups is 1. The molecule has 0 spiro atoms. The van der Waals surface area contributed by atoms with E-state index in [0.29, 0.717) is 11.8 Å². The molecule has 1 saturated heterocycles. The topological polar surface area (TPSA) is 38.1 Å². The fourth-order valence-corrected chi connectivity index (χ4v) is 4.38. The van der Waals surface area contributed by atoms with E-state index in [4.69, 9.17) is 0 Å². The average Bonchev–Trinajstić information content (AvgIpc) is 3.22. The van der Waals surface area contributed by atoms with Gasteiger partial charge in [-0.3, -0.25) is 4.79 Å². The molecule has 1 amide bonds. The van der Waals surface area contributed by atoms with E-state index in [0.717, 1.165) is 30.9 Å². The van der Waals surface area contributed by atoms with Gasteiger partial charge in [0, 0.05) is 37.4 Å². The van der Waals surface area contributed by atoms with Crippen LogP contribution in [-0.2, 0) is 6.54 Å².